The number of rotatable bonds is 3. The van der Waals surface area contributed by atoms with Crippen molar-refractivity contribution in [3.63, 3.8) is 0 Å². The second-order valence-corrected chi connectivity index (χ2v) is 5.33. The van der Waals surface area contributed by atoms with Gasteiger partial charge >= 0.3 is 0 Å². The first kappa shape index (κ1) is 14.5. The van der Waals surface area contributed by atoms with Crippen molar-refractivity contribution in [2.45, 2.75) is 19.5 Å². The van der Waals surface area contributed by atoms with Crippen LogP contribution in [0, 0.1) is 0 Å². The lowest BCUT2D eigenvalue weighted by Gasteiger charge is -2.32. The van der Waals surface area contributed by atoms with Crippen LogP contribution in [0.25, 0.3) is 11.4 Å². The van der Waals surface area contributed by atoms with E-state index in [-0.39, 0.29) is 12.4 Å². The molecule has 1 atom stereocenters. The Morgan fingerprint density at radius 2 is 2.47 bits per heavy atom. The first-order valence-corrected chi connectivity index (χ1v) is 7.07. The van der Waals surface area contributed by atoms with Gasteiger partial charge in [0.05, 0.1) is 6.54 Å². The number of thiophene rings is 1. The second-order valence-electron chi connectivity index (χ2n) is 4.55. The second kappa shape index (κ2) is 6.47. The Morgan fingerprint density at radius 3 is 3.21 bits per heavy atom. The molecule has 7 heteroatoms. The van der Waals surface area contributed by atoms with E-state index in [9.17, 15) is 0 Å². The molecule has 0 bridgehead atoms. The average molecular weight is 301 g/mol. The smallest absolute Gasteiger partial charge is 0.241 e. The van der Waals surface area contributed by atoms with Crippen molar-refractivity contribution in [3.05, 3.63) is 22.7 Å². The third-order valence-corrected chi connectivity index (χ3v) is 3.91. The SMILES string of the molecule is C[C@H]1CNCCN1Cc1nc(-c2ccsc2)no1.Cl. The molecule has 2 aromatic heterocycles. The summed E-state index contributed by atoms with van der Waals surface area (Å²) in [5.41, 5.74) is 1.03. The zero-order valence-corrected chi connectivity index (χ0v) is 12.3. The molecule has 1 fully saturated rings. The van der Waals surface area contributed by atoms with Crippen molar-refractivity contribution >= 4 is 23.7 Å². The van der Waals surface area contributed by atoms with Gasteiger partial charge in [-0.15, -0.1) is 12.4 Å². The zero-order chi connectivity index (χ0) is 12.4. The summed E-state index contributed by atoms with van der Waals surface area (Å²) in [5, 5.41) is 11.4. The van der Waals surface area contributed by atoms with Gasteiger partial charge < -0.3 is 9.84 Å². The number of halogens is 1. The van der Waals surface area contributed by atoms with Gasteiger partial charge in [-0.3, -0.25) is 4.90 Å². The molecule has 19 heavy (non-hydrogen) atoms. The van der Waals surface area contributed by atoms with Gasteiger partial charge in [0.25, 0.3) is 0 Å². The van der Waals surface area contributed by atoms with Crippen LogP contribution in [0.15, 0.2) is 21.3 Å². The summed E-state index contributed by atoms with van der Waals surface area (Å²) < 4.78 is 5.32. The number of hydrogen-bond donors (Lipinski definition) is 1. The van der Waals surface area contributed by atoms with Crippen LogP contribution >= 0.6 is 23.7 Å². The number of piperazine rings is 1. The van der Waals surface area contributed by atoms with Crippen LogP contribution in [0.2, 0.25) is 0 Å². The zero-order valence-electron chi connectivity index (χ0n) is 10.7. The topological polar surface area (TPSA) is 54.2 Å². The molecule has 1 saturated heterocycles. The Morgan fingerprint density at radius 1 is 1.58 bits per heavy atom. The minimum atomic E-state index is 0. The molecule has 1 aliphatic rings. The highest BCUT2D eigenvalue weighted by molar-refractivity contribution is 7.08. The third kappa shape index (κ3) is 3.33. The van der Waals surface area contributed by atoms with Crippen LogP contribution < -0.4 is 5.32 Å². The maximum atomic E-state index is 5.32. The van der Waals surface area contributed by atoms with E-state index >= 15 is 0 Å². The highest BCUT2D eigenvalue weighted by Crippen LogP contribution is 2.19. The van der Waals surface area contributed by atoms with Crippen molar-refractivity contribution in [1.82, 2.24) is 20.4 Å². The van der Waals surface area contributed by atoms with Crippen molar-refractivity contribution < 1.29 is 4.52 Å². The lowest BCUT2D eigenvalue weighted by molar-refractivity contribution is 0.146. The van der Waals surface area contributed by atoms with Crippen LogP contribution in [-0.2, 0) is 6.54 Å². The van der Waals surface area contributed by atoms with E-state index in [1.807, 2.05) is 16.8 Å². The summed E-state index contributed by atoms with van der Waals surface area (Å²) in [7, 11) is 0. The van der Waals surface area contributed by atoms with Crippen LogP contribution in [0.5, 0.6) is 0 Å². The Bertz CT molecular complexity index is 502. The largest absolute Gasteiger partial charge is 0.338 e. The lowest BCUT2D eigenvalue weighted by atomic mass is 10.2. The van der Waals surface area contributed by atoms with Crippen molar-refractivity contribution in [3.8, 4) is 11.4 Å². The third-order valence-electron chi connectivity index (χ3n) is 3.22. The summed E-state index contributed by atoms with van der Waals surface area (Å²) in [4.78, 5) is 6.81. The van der Waals surface area contributed by atoms with Gasteiger partial charge in [0.2, 0.25) is 11.7 Å². The van der Waals surface area contributed by atoms with Crippen LogP contribution in [0.1, 0.15) is 12.8 Å². The van der Waals surface area contributed by atoms with Crippen LogP contribution in [0.4, 0.5) is 0 Å². The fourth-order valence-corrected chi connectivity index (χ4v) is 2.75. The fraction of sp³-hybridized carbons (Fsp3) is 0.500. The number of aromatic nitrogens is 2. The van der Waals surface area contributed by atoms with Crippen molar-refractivity contribution in [1.29, 1.82) is 0 Å². The monoisotopic (exact) mass is 300 g/mol. The quantitative estimate of drug-likeness (QED) is 0.940. The molecule has 5 nitrogen and oxygen atoms in total. The highest BCUT2D eigenvalue weighted by Gasteiger charge is 2.20. The van der Waals surface area contributed by atoms with Gasteiger partial charge in [0, 0.05) is 36.6 Å². The standard InChI is InChI=1S/C12H16N4OS.ClH/c1-9-6-13-3-4-16(9)7-11-14-12(15-17-11)10-2-5-18-8-10;/h2,5,8-9,13H,3-4,6-7H2,1H3;1H/t9-;/m0./s1. The van der Waals surface area contributed by atoms with Crippen molar-refractivity contribution in [2.24, 2.45) is 0 Å². The van der Waals surface area contributed by atoms with Crippen LogP contribution in [-0.4, -0.2) is 40.7 Å². The average Bonchev–Trinajstić information content (AvgIpc) is 3.02. The van der Waals surface area contributed by atoms with E-state index in [1.165, 1.54) is 0 Å². The van der Waals surface area contributed by atoms with E-state index in [0.717, 1.165) is 31.7 Å². The normalized spacial score (nSPS) is 20.2. The summed E-state index contributed by atoms with van der Waals surface area (Å²) in [6, 6.07) is 2.52. The molecule has 0 unspecified atom stereocenters. The molecule has 1 N–H and O–H groups in total. The lowest BCUT2D eigenvalue weighted by Crippen LogP contribution is -2.49. The maximum Gasteiger partial charge on any atom is 0.241 e. The number of hydrogen-bond acceptors (Lipinski definition) is 6. The minimum absolute atomic E-state index is 0. The Hall–Kier alpha value is -0.950. The van der Waals surface area contributed by atoms with E-state index in [2.05, 4.69) is 27.3 Å². The van der Waals surface area contributed by atoms with E-state index in [4.69, 9.17) is 4.52 Å². The first-order chi connectivity index (χ1) is 8.83. The predicted octanol–water partition coefficient (Wildman–Crippen LogP) is 2.01. The van der Waals surface area contributed by atoms with E-state index in [0.29, 0.717) is 17.8 Å². The Labute approximate surface area is 122 Å². The summed E-state index contributed by atoms with van der Waals surface area (Å²) >= 11 is 1.64. The van der Waals surface area contributed by atoms with Gasteiger partial charge in [-0.1, -0.05) is 5.16 Å². The van der Waals surface area contributed by atoms with Gasteiger partial charge in [-0.25, -0.2) is 0 Å². The minimum Gasteiger partial charge on any atom is -0.338 e. The molecule has 0 amide bonds. The van der Waals surface area contributed by atoms with Gasteiger partial charge in [-0.05, 0) is 18.4 Å². The highest BCUT2D eigenvalue weighted by atomic mass is 35.5. The first-order valence-electron chi connectivity index (χ1n) is 6.13. The molecule has 3 heterocycles. The summed E-state index contributed by atoms with van der Waals surface area (Å²) in [5.74, 6) is 1.39. The van der Waals surface area contributed by atoms with E-state index < -0.39 is 0 Å². The molecule has 2 aromatic rings. The van der Waals surface area contributed by atoms with Gasteiger partial charge in [0.1, 0.15) is 0 Å². The summed E-state index contributed by atoms with van der Waals surface area (Å²) in [6.07, 6.45) is 0. The molecular formula is C12H17ClN4OS. The van der Waals surface area contributed by atoms with Crippen molar-refractivity contribution in [2.75, 3.05) is 19.6 Å². The predicted molar refractivity (Wildman–Crippen MR) is 77.6 cm³/mol. The Kier molecular flexibility index (Phi) is 4.93. The molecular weight excluding hydrogens is 284 g/mol. The van der Waals surface area contributed by atoms with E-state index in [1.54, 1.807) is 11.3 Å². The van der Waals surface area contributed by atoms with Crippen LogP contribution in [0.3, 0.4) is 0 Å². The molecule has 0 aromatic carbocycles. The Balaban J connectivity index is 0.00000133. The fourth-order valence-electron chi connectivity index (χ4n) is 2.12. The number of nitrogens with one attached hydrogen (secondary N) is 1. The summed E-state index contributed by atoms with van der Waals surface area (Å²) in [6.45, 7) is 6.01. The molecule has 0 radical (unpaired) electrons. The molecule has 0 aliphatic carbocycles. The molecule has 104 valence electrons. The molecule has 0 saturated carbocycles. The van der Waals surface area contributed by atoms with Gasteiger partial charge in [0.15, 0.2) is 0 Å². The molecule has 1 aliphatic heterocycles. The molecule has 3 rings (SSSR count). The maximum absolute atomic E-state index is 5.32. The molecule has 0 spiro atoms. The van der Waals surface area contributed by atoms with Gasteiger partial charge in [-0.2, -0.15) is 16.3 Å². The number of nitrogens with zero attached hydrogens (tertiary/aromatic N) is 3.